The molecule has 3 aromatic heterocycles. The van der Waals surface area contributed by atoms with Crippen LogP contribution in [-0.2, 0) is 6.42 Å². The molecule has 0 saturated heterocycles. The molecule has 4 aromatic rings. The van der Waals surface area contributed by atoms with E-state index < -0.39 is 6.10 Å². The summed E-state index contributed by atoms with van der Waals surface area (Å²) in [7, 11) is 0. The summed E-state index contributed by atoms with van der Waals surface area (Å²) < 4.78 is 0. The van der Waals surface area contributed by atoms with Crippen molar-refractivity contribution in [2.24, 2.45) is 0 Å². The van der Waals surface area contributed by atoms with E-state index in [4.69, 9.17) is 0 Å². The number of nitrogens with zero attached hydrogens (tertiary/aromatic N) is 4. The predicted molar refractivity (Wildman–Crippen MR) is 126 cm³/mol. The van der Waals surface area contributed by atoms with Crippen molar-refractivity contribution in [2.45, 2.75) is 44.2 Å². The molecule has 0 radical (unpaired) electrons. The Balaban J connectivity index is 1.42. The topological polar surface area (TPSA) is 101 Å². The van der Waals surface area contributed by atoms with E-state index in [9.17, 15) is 9.90 Å². The number of aliphatic hydroxyl groups excluding tert-OH is 1. The molecule has 1 amide bonds. The van der Waals surface area contributed by atoms with Gasteiger partial charge >= 0.3 is 0 Å². The molecule has 0 aliphatic heterocycles. The molecular formula is C26H25N5O2. The molecule has 166 valence electrons. The van der Waals surface area contributed by atoms with Crippen LogP contribution in [0.1, 0.15) is 47.3 Å². The quantitative estimate of drug-likeness (QED) is 0.492. The molecule has 0 spiro atoms. The molecule has 1 saturated carbocycles. The smallest absolute Gasteiger partial charge is 0.270 e. The van der Waals surface area contributed by atoms with Gasteiger partial charge in [-0.2, -0.15) is 0 Å². The molecule has 7 heteroatoms. The molecule has 2 N–H and O–H groups in total. The van der Waals surface area contributed by atoms with E-state index in [0.717, 1.165) is 59.0 Å². The average molecular weight is 440 g/mol. The maximum absolute atomic E-state index is 13.0. The number of nitrogens with one attached hydrogen (secondary N) is 1. The third-order valence-corrected chi connectivity index (χ3v) is 6.16. The van der Waals surface area contributed by atoms with Crippen LogP contribution in [0.15, 0.2) is 67.4 Å². The molecule has 5 rings (SSSR count). The van der Waals surface area contributed by atoms with Crippen LogP contribution in [0.3, 0.4) is 0 Å². The highest BCUT2D eigenvalue weighted by Gasteiger charge is 2.25. The van der Waals surface area contributed by atoms with Crippen LogP contribution in [0.25, 0.3) is 22.2 Å². The number of benzene rings is 1. The van der Waals surface area contributed by atoms with Gasteiger partial charge in [-0.3, -0.25) is 9.78 Å². The van der Waals surface area contributed by atoms with Crippen molar-refractivity contribution >= 4 is 16.8 Å². The van der Waals surface area contributed by atoms with Gasteiger partial charge in [0.15, 0.2) is 0 Å². The monoisotopic (exact) mass is 439 g/mol. The minimum Gasteiger partial charge on any atom is -0.391 e. The van der Waals surface area contributed by atoms with E-state index in [1.165, 1.54) is 6.33 Å². The first-order valence-electron chi connectivity index (χ1n) is 11.3. The van der Waals surface area contributed by atoms with Crippen LogP contribution in [0, 0.1) is 0 Å². The molecular weight excluding hydrogens is 414 g/mol. The fraction of sp³-hybridized carbons (Fsp3) is 0.269. The number of hydrogen-bond acceptors (Lipinski definition) is 6. The minimum absolute atomic E-state index is 0.221. The average Bonchev–Trinajstić information content (AvgIpc) is 2.86. The van der Waals surface area contributed by atoms with Crippen molar-refractivity contribution in [1.29, 1.82) is 0 Å². The first kappa shape index (κ1) is 21.2. The summed E-state index contributed by atoms with van der Waals surface area (Å²) >= 11 is 0. The number of aliphatic hydroxyl groups is 1. The molecule has 0 unspecified atom stereocenters. The minimum atomic E-state index is -0.498. The Morgan fingerprint density at radius 3 is 2.64 bits per heavy atom. The van der Waals surface area contributed by atoms with Crippen molar-refractivity contribution in [3.05, 3.63) is 84.2 Å². The number of fused-ring (bicyclic) bond motifs is 1. The predicted octanol–water partition coefficient (Wildman–Crippen LogP) is 3.71. The van der Waals surface area contributed by atoms with Crippen LogP contribution in [0.5, 0.6) is 0 Å². The molecule has 1 aromatic carbocycles. The number of carbonyl (C=O) groups excluding carboxylic acids is 1. The van der Waals surface area contributed by atoms with E-state index in [1.54, 1.807) is 12.4 Å². The fourth-order valence-electron chi connectivity index (χ4n) is 4.38. The van der Waals surface area contributed by atoms with Crippen molar-refractivity contribution in [2.75, 3.05) is 0 Å². The number of rotatable bonds is 5. The number of aromatic nitrogens is 4. The molecule has 3 heterocycles. The van der Waals surface area contributed by atoms with Gasteiger partial charge in [-0.05, 0) is 48.6 Å². The first-order valence-corrected chi connectivity index (χ1v) is 11.3. The Kier molecular flexibility index (Phi) is 6.04. The largest absolute Gasteiger partial charge is 0.391 e. The first-order chi connectivity index (χ1) is 16.2. The lowest BCUT2D eigenvalue weighted by Gasteiger charge is -2.28. The zero-order chi connectivity index (χ0) is 22.6. The highest BCUT2D eigenvalue weighted by molar-refractivity contribution is 5.96. The Morgan fingerprint density at radius 1 is 1.03 bits per heavy atom. The lowest BCUT2D eigenvalue weighted by molar-refractivity contribution is 0.0714. The molecule has 1 fully saturated rings. The maximum atomic E-state index is 13.0. The van der Waals surface area contributed by atoms with Gasteiger partial charge in [0.2, 0.25) is 0 Å². The maximum Gasteiger partial charge on any atom is 0.270 e. The van der Waals surface area contributed by atoms with Gasteiger partial charge < -0.3 is 10.4 Å². The van der Waals surface area contributed by atoms with Crippen molar-refractivity contribution in [1.82, 2.24) is 25.3 Å². The zero-order valence-electron chi connectivity index (χ0n) is 18.2. The molecule has 1 aliphatic rings. The summed E-state index contributed by atoms with van der Waals surface area (Å²) in [5.41, 5.74) is 4.85. The Labute approximate surface area is 192 Å². The normalized spacial score (nSPS) is 18.2. The second kappa shape index (κ2) is 9.42. The van der Waals surface area contributed by atoms with Gasteiger partial charge in [0.25, 0.3) is 5.91 Å². The van der Waals surface area contributed by atoms with E-state index in [2.05, 4.69) is 25.3 Å². The van der Waals surface area contributed by atoms with Gasteiger partial charge in [0.05, 0.1) is 23.4 Å². The fourth-order valence-corrected chi connectivity index (χ4v) is 4.38. The lowest BCUT2D eigenvalue weighted by Crippen LogP contribution is -2.45. The van der Waals surface area contributed by atoms with Crippen molar-refractivity contribution in [3.8, 4) is 11.3 Å². The molecule has 0 bridgehead atoms. The number of hydrogen-bond donors (Lipinski definition) is 2. The third-order valence-electron chi connectivity index (χ3n) is 6.16. The van der Waals surface area contributed by atoms with Crippen LogP contribution in [-0.4, -0.2) is 43.1 Å². The Morgan fingerprint density at radius 2 is 1.85 bits per heavy atom. The summed E-state index contributed by atoms with van der Waals surface area (Å²) in [6.45, 7) is 0. The standard InChI is InChI=1S/C26H25N5O2/c32-25-8-4-3-7-23(25)31-26(33)24-12-18(20-5-1-2-6-22(20)30-24)11-17-9-10-21(29-13-17)19-14-27-16-28-15-19/h1-2,5-6,9-10,12-16,23,25,32H,3-4,7-8,11H2,(H,31,33)/t23-,25-/m0/s1. The van der Waals surface area contributed by atoms with Crippen LogP contribution < -0.4 is 5.32 Å². The summed E-state index contributed by atoms with van der Waals surface area (Å²) in [4.78, 5) is 30.3. The Bertz CT molecular complexity index is 1260. The SMILES string of the molecule is O=C(N[C@H]1CCCC[C@@H]1O)c1cc(Cc2ccc(-c3cncnc3)nc2)c2ccccc2n1. The van der Waals surface area contributed by atoms with E-state index >= 15 is 0 Å². The number of amides is 1. The van der Waals surface area contributed by atoms with Gasteiger partial charge in [-0.1, -0.05) is 37.1 Å². The molecule has 2 atom stereocenters. The van der Waals surface area contributed by atoms with Gasteiger partial charge in [-0.25, -0.2) is 15.0 Å². The highest BCUT2D eigenvalue weighted by atomic mass is 16.3. The third kappa shape index (κ3) is 4.73. The van der Waals surface area contributed by atoms with Gasteiger partial charge in [-0.15, -0.1) is 0 Å². The van der Waals surface area contributed by atoms with Crippen LogP contribution >= 0.6 is 0 Å². The summed E-state index contributed by atoms with van der Waals surface area (Å²) in [6, 6.07) is 13.5. The number of pyridine rings is 2. The Hall–Kier alpha value is -3.71. The van der Waals surface area contributed by atoms with Gasteiger partial charge in [0.1, 0.15) is 12.0 Å². The zero-order valence-corrected chi connectivity index (χ0v) is 18.2. The van der Waals surface area contributed by atoms with Crippen LogP contribution in [0.4, 0.5) is 0 Å². The second-order valence-electron chi connectivity index (χ2n) is 8.47. The number of carbonyl (C=O) groups is 1. The summed E-state index contributed by atoms with van der Waals surface area (Å²) in [5.74, 6) is -0.245. The van der Waals surface area contributed by atoms with Crippen molar-refractivity contribution < 1.29 is 9.90 Å². The molecule has 33 heavy (non-hydrogen) atoms. The van der Waals surface area contributed by atoms with Crippen LogP contribution in [0.2, 0.25) is 0 Å². The molecule has 7 nitrogen and oxygen atoms in total. The molecule has 1 aliphatic carbocycles. The second-order valence-corrected chi connectivity index (χ2v) is 8.47. The van der Waals surface area contributed by atoms with E-state index in [0.29, 0.717) is 12.1 Å². The summed E-state index contributed by atoms with van der Waals surface area (Å²) in [6.07, 6.45) is 10.4. The van der Waals surface area contributed by atoms with Gasteiger partial charge in [0, 0.05) is 29.5 Å². The lowest BCUT2D eigenvalue weighted by atomic mass is 9.92. The van der Waals surface area contributed by atoms with E-state index in [-0.39, 0.29) is 11.9 Å². The number of para-hydroxylation sites is 1. The van der Waals surface area contributed by atoms with Crippen molar-refractivity contribution in [3.63, 3.8) is 0 Å². The summed E-state index contributed by atoms with van der Waals surface area (Å²) in [5, 5.41) is 14.2. The highest BCUT2D eigenvalue weighted by Crippen LogP contribution is 2.23. The van der Waals surface area contributed by atoms with E-state index in [1.807, 2.05) is 48.7 Å².